The van der Waals surface area contributed by atoms with Gasteiger partial charge in [0.15, 0.2) is 0 Å². The first-order valence-electron chi connectivity index (χ1n) is 35.5. The normalized spacial score (nSPS) is 12.5. The summed E-state index contributed by atoms with van der Waals surface area (Å²) in [5, 5.41) is 23.7. The van der Waals surface area contributed by atoms with E-state index in [1.54, 1.807) is 24.3 Å². The van der Waals surface area contributed by atoms with Crippen molar-refractivity contribution in [2.24, 2.45) is 0 Å². The van der Waals surface area contributed by atoms with Crippen LogP contribution in [0, 0.1) is 0 Å². The minimum absolute atomic E-state index is 0.237. The standard InChI is InChI=1S/C88H78N12O8/c1-53(101)89-77(45-57-21-9-5-10-22-57)85(105)93-65-33-17-29-61(49-65)81-69-37-39-71(97-69)82(62-30-18-34-66(50-62)94-86(106)78(90-54(2)102)46-58-23-11-6-12-24-58)73-41-43-75(99-73)84(64-32-20-36-68(52-64)96-88(108)80(92-56(4)104)48-60-27-15-8-16-28-60)76-44-42-74(100-76)83(72-40-38-70(81)98-72)63-31-19-35-67(51-63)95-87(107)79(91-55(3)103)47-59-25-13-7-14-26-59/h5-44,49-52,77-80,97,100H,45-48H2,1-4H3,(H,89,101)(H,90,102)(H,91,103)(H,92,104)(H,93,105)(H,94,106)(H,95,107)(H,96,108)/t77-,78-,79-,80-/m0/s1. The minimum atomic E-state index is -0.914. The quantitative estimate of drug-likeness (QED) is 0.0273. The number of hydrogen-bond acceptors (Lipinski definition) is 10. The second kappa shape index (κ2) is 33.3. The van der Waals surface area contributed by atoms with Gasteiger partial charge in [-0.25, -0.2) is 9.97 Å². The topological polar surface area (TPSA) is 290 Å². The largest absolute Gasteiger partial charge is 0.354 e. The van der Waals surface area contributed by atoms with Crippen molar-refractivity contribution in [3.63, 3.8) is 0 Å². The number of anilines is 4. The summed E-state index contributed by atoms with van der Waals surface area (Å²) >= 11 is 0. The Hall–Kier alpha value is -13.9. The van der Waals surface area contributed by atoms with E-state index in [-0.39, 0.29) is 49.3 Å². The third kappa shape index (κ3) is 18.0. The maximum absolute atomic E-state index is 14.4. The van der Waals surface area contributed by atoms with Gasteiger partial charge in [0.1, 0.15) is 24.2 Å². The zero-order valence-electron chi connectivity index (χ0n) is 59.7. The highest BCUT2D eigenvalue weighted by atomic mass is 16.2. The van der Waals surface area contributed by atoms with Crippen molar-refractivity contribution in [1.29, 1.82) is 0 Å². The molecule has 0 spiro atoms. The third-order valence-electron chi connectivity index (χ3n) is 18.3. The fraction of sp³-hybridized carbons (Fsp3) is 0.136. The fourth-order valence-corrected chi connectivity index (χ4v) is 13.6. The molecule has 3 aromatic heterocycles. The van der Waals surface area contributed by atoms with Crippen LogP contribution in [-0.4, -0.2) is 91.4 Å². The molecule has 0 aliphatic carbocycles. The highest BCUT2D eigenvalue weighted by Gasteiger charge is 2.27. The summed E-state index contributed by atoms with van der Waals surface area (Å²) in [6, 6.07) is 71.4. The van der Waals surface area contributed by atoms with Crippen molar-refractivity contribution in [2.75, 3.05) is 21.3 Å². The van der Waals surface area contributed by atoms with Gasteiger partial charge < -0.3 is 52.5 Å². The third-order valence-corrected chi connectivity index (χ3v) is 18.3. The second-order valence-electron chi connectivity index (χ2n) is 26.6. The Labute approximate surface area is 623 Å². The number of H-pyrrole nitrogens is 2. The molecule has 8 aromatic carbocycles. The fourth-order valence-electron chi connectivity index (χ4n) is 13.6. The van der Waals surface area contributed by atoms with E-state index < -0.39 is 47.8 Å². The molecule has 0 fully saturated rings. The number of nitrogens with one attached hydrogen (secondary N) is 10. The van der Waals surface area contributed by atoms with Gasteiger partial charge in [0.05, 0.1) is 22.8 Å². The molecular formula is C88H78N12O8. The highest BCUT2D eigenvalue weighted by molar-refractivity contribution is 6.05. The Kier molecular flexibility index (Phi) is 22.3. The van der Waals surface area contributed by atoms with Crippen LogP contribution >= 0.6 is 0 Å². The van der Waals surface area contributed by atoms with Crippen LogP contribution in [0.5, 0.6) is 0 Å². The molecule has 10 N–H and O–H groups in total. The van der Waals surface area contributed by atoms with Crippen molar-refractivity contribution < 1.29 is 38.4 Å². The Balaban J connectivity index is 1.01. The molecule has 8 amide bonds. The first-order chi connectivity index (χ1) is 52.4. The maximum Gasteiger partial charge on any atom is 0.247 e. The van der Waals surface area contributed by atoms with Crippen molar-refractivity contribution in [3.8, 4) is 44.5 Å². The SMILES string of the molecule is CC(=O)N[C@@H](Cc1ccccc1)C(=O)Nc1cccc(-c2c3nc(c(-c4cccc(NC(=O)[C@H](Cc5ccccc5)NC(C)=O)c4)c4ccc([nH]4)c(-c4cccc(NC(=O)[C@H](Cc5ccccc5)NC(C)=O)c4)c4nc(c(-c5cccc(NC(=O)[C@H](Cc6ccccc6)NC(C)=O)c5)c5ccc2[nH]5)C=C4)C=C3)c1. The van der Waals surface area contributed by atoms with Crippen LogP contribution in [0.4, 0.5) is 22.7 Å². The van der Waals surface area contributed by atoms with Gasteiger partial charge >= 0.3 is 0 Å². The van der Waals surface area contributed by atoms with Crippen LogP contribution in [-0.2, 0) is 64.0 Å². The summed E-state index contributed by atoms with van der Waals surface area (Å²) in [5.74, 6) is -3.17. The molecule has 0 unspecified atom stereocenters. The van der Waals surface area contributed by atoms with Crippen LogP contribution < -0.4 is 42.5 Å². The lowest BCUT2D eigenvalue weighted by atomic mass is 10.0. The molecule has 8 bridgehead atoms. The average Bonchev–Trinajstić information content (AvgIpc) is 1.61. The van der Waals surface area contributed by atoms with Gasteiger partial charge in [0, 0.05) is 120 Å². The summed E-state index contributed by atoms with van der Waals surface area (Å²) in [5.41, 5.74) is 14.7. The summed E-state index contributed by atoms with van der Waals surface area (Å²) in [6.45, 7) is 5.50. The molecule has 0 radical (unpaired) electrons. The summed E-state index contributed by atoms with van der Waals surface area (Å²) < 4.78 is 0. The molecule has 20 heteroatoms. The number of aromatic amines is 2. The summed E-state index contributed by atoms with van der Waals surface area (Å²) in [6.07, 6.45) is 8.61. The number of hydrogen-bond donors (Lipinski definition) is 10. The number of amides is 8. The van der Waals surface area contributed by atoms with E-state index in [2.05, 4.69) is 52.5 Å². The van der Waals surface area contributed by atoms with Crippen molar-refractivity contribution in [1.82, 2.24) is 41.2 Å². The Morgan fingerprint density at radius 2 is 0.491 bits per heavy atom. The van der Waals surface area contributed by atoms with Crippen molar-refractivity contribution >= 4 is 116 Å². The zero-order chi connectivity index (χ0) is 75.2. The lowest BCUT2D eigenvalue weighted by Crippen LogP contribution is -2.44. The van der Waals surface area contributed by atoms with Gasteiger partial charge in [0.2, 0.25) is 47.3 Å². The average molecular weight is 1430 g/mol. The van der Waals surface area contributed by atoms with Crippen molar-refractivity contribution in [3.05, 3.63) is 288 Å². The lowest BCUT2D eigenvalue weighted by molar-refractivity contribution is -0.125. The van der Waals surface area contributed by atoms with E-state index in [0.29, 0.717) is 112 Å². The number of carbonyl (C=O) groups is 8. The zero-order valence-corrected chi connectivity index (χ0v) is 59.7. The monoisotopic (exact) mass is 1430 g/mol. The van der Waals surface area contributed by atoms with E-state index in [9.17, 15) is 38.4 Å². The van der Waals surface area contributed by atoms with Gasteiger partial charge in [-0.3, -0.25) is 38.4 Å². The molecule has 0 saturated heterocycles. The molecule has 0 saturated carbocycles. The van der Waals surface area contributed by atoms with Gasteiger partial charge in [-0.2, -0.15) is 0 Å². The van der Waals surface area contributed by atoms with Gasteiger partial charge in [0.25, 0.3) is 0 Å². The number of nitrogens with zero attached hydrogens (tertiary/aromatic N) is 2. The number of aromatic nitrogens is 4. The molecule has 13 rings (SSSR count). The van der Waals surface area contributed by atoms with Gasteiger partial charge in [-0.05, 0) is 142 Å². The number of fused-ring (bicyclic) bond motifs is 8. The predicted molar refractivity (Wildman–Crippen MR) is 426 cm³/mol. The molecule has 5 heterocycles. The van der Waals surface area contributed by atoms with Crippen LogP contribution in [0.2, 0.25) is 0 Å². The number of carbonyl (C=O) groups excluding carboxylic acids is 8. The molecule has 538 valence electrons. The first-order valence-corrected chi connectivity index (χ1v) is 35.5. The van der Waals surface area contributed by atoms with E-state index >= 15 is 0 Å². The van der Waals surface area contributed by atoms with Gasteiger partial charge in [-0.15, -0.1) is 0 Å². The molecule has 20 nitrogen and oxygen atoms in total. The first kappa shape index (κ1) is 72.5. The van der Waals surface area contributed by atoms with Gasteiger partial charge in [-0.1, -0.05) is 170 Å². The molecule has 2 aliphatic heterocycles. The molecule has 11 aromatic rings. The van der Waals surface area contributed by atoms with Crippen LogP contribution in [0.3, 0.4) is 0 Å². The van der Waals surface area contributed by atoms with Crippen LogP contribution in [0.1, 0.15) is 72.7 Å². The highest BCUT2D eigenvalue weighted by Crippen LogP contribution is 2.40. The van der Waals surface area contributed by atoms with Crippen LogP contribution in [0.15, 0.2) is 243 Å². The number of benzene rings is 8. The Bertz CT molecular complexity index is 4840. The van der Waals surface area contributed by atoms with E-state index in [4.69, 9.17) is 9.97 Å². The molecule has 4 atom stereocenters. The minimum Gasteiger partial charge on any atom is -0.354 e. The Morgan fingerprint density at radius 1 is 0.278 bits per heavy atom. The number of rotatable bonds is 24. The molecule has 108 heavy (non-hydrogen) atoms. The van der Waals surface area contributed by atoms with E-state index in [1.807, 2.05) is 243 Å². The lowest BCUT2D eigenvalue weighted by Gasteiger charge is -2.18. The smallest absolute Gasteiger partial charge is 0.247 e. The molecular weight excluding hydrogens is 1350 g/mol. The predicted octanol–water partition coefficient (Wildman–Crippen LogP) is 14.1. The van der Waals surface area contributed by atoms with E-state index in [0.717, 1.165) is 22.3 Å². The Morgan fingerprint density at radius 3 is 0.694 bits per heavy atom. The second-order valence-corrected chi connectivity index (χ2v) is 26.6. The summed E-state index contributed by atoms with van der Waals surface area (Å²) in [4.78, 5) is 127. The van der Waals surface area contributed by atoms with Crippen LogP contribution in [0.25, 0.3) is 90.9 Å². The maximum atomic E-state index is 14.4. The molecule has 2 aliphatic rings. The van der Waals surface area contributed by atoms with Crippen molar-refractivity contribution in [2.45, 2.75) is 77.5 Å². The van der Waals surface area contributed by atoms with E-state index in [1.165, 1.54) is 27.7 Å². The summed E-state index contributed by atoms with van der Waals surface area (Å²) in [7, 11) is 0.